The molecule has 1 N–H and O–H groups in total. The zero-order valence-corrected chi connectivity index (χ0v) is 11.3. The molecule has 1 aliphatic carbocycles. The third-order valence-electron chi connectivity index (χ3n) is 4.14. The number of rotatable bonds is 1. The van der Waals surface area contributed by atoms with Crippen molar-refractivity contribution in [2.45, 2.75) is 18.4 Å². The Bertz CT molecular complexity index is 681. The van der Waals surface area contributed by atoms with Crippen LogP contribution in [0, 0.1) is 17.6 Å². The number of aromatic nitrogens is 1. The third-order valence-corrected chi connectivity index (χ3v) is 5.00. The molecule has 0 amide bonds. The van der Waals surface area contributed by atoms with Crippen molar-refractivity contribution in [1.82, 2.24) is 4.98 Å². The summed E-state index contributed by atoms with van der Waals surface area (Å²) < 4.78 is 27.5. The number of hydrogen-bond acceptors (Lipinski definition) is 3. The number of allylic oxidation sites excluding steroid dienone is 2. The van der Waals surface area contributed by atoms with E-state index in [-0.39, 0.29) is 12.0 Å². The van der Waals surface area contributed by atoms with E-state index in [0.717, 1.165) is 22.9 Å². The standard InChI is InChI=1S/C15H12F2N2S/c16-8-4-11-9-2-1-3-10(9)15(13-6-18-7-20-13)19-14(11)12(17)5-8/h1-2,4-7,9-10,15,19H,3H2/t9-,10+,15-/m1/s1. The minimum absolute atomic E-state index is 0.0370. The molecule has 102 valence electrons. The second kappa shape index (κ2) is 4.38. The van der Waals surface area contributed by atoms with Gasteiger partial charge in [-0.2, -0.15) is 0 Å². The fourth-order valence-electron chi connectivity index (χ4n) is 3.28. The summed E-state index contributed by atoms with van der Waals surface area (Å²) >= 11 is 1.56. The number of nitrogens with one attached hydrogen (secondary N) is 1. The molecule has 3 atom stereocenters. The first kappa shape index (κ1) is 12.0. The van der Waals surface area contributed by atoms with Crippen molar-refractivity contribution in [3.8, 4) is 0 Å². The van der Waals surface area contributed by atoms with Crippen molar-refractivity contribution in [2.24, 2.45) is 5.92 Å². The van der Waals surface area contributed by atoms with Crippen LogP contribution in [0.3, 0.4) is 0 Å². The van der Waals surface area contributed by atoms with Crippen LogP contribution in [0.15, 0.2) is 36.0 Å². The number of benzene rings is 1. The van der Waals surface area contributed by atoms with Crippen molar-refractivity contribution in [3.63, 3.8) is 0 Å². The number of nitrogens with zero attached hydrogens (tertiary/aromatic N) is 1. The van der Waals surface area contributed by atoms with Gasteiger partial charge in [-0.3, -0.25) is 4.98 Å². The second-order valence-electron chi connectivity index (χ2n) is 5.23. The fraction of sp³-hybridized carbons (Fsp3) is 0.267. The lowest BCUT2D eigenvalue weighted by molar-refractivity contribution is 0.422. The van der Waals surface area contributed by atoms with Crippen molar-refractivity contribution in [2.75, 3.05) is 5.32 Å². The Hall–Kier alpha value is -1.75. The number of anilines is 1. The molecule has 20 heavy (non-hydrogen) atoms. The van der Waals surface area contributed by atoms with E-state index in [2.05, 4.69) is 22.5 Å². The van der Waals surface area contributed by atoms with Gasteiger partial charge in [-0.05, 0) is 24.0 Å². The lowest BCUT2D eigenvalue weighted by atomic mass is 9.79. The number of fused-ring (bicyclic) bond motifs is 3. The largest absolute Gasteiger partial charge is 0.374 e. The first-order chi connectivity index (χ1) is 9.74. The Morgan fingerprint density at radius 3 is 3.00 bits per heavy atom. The van der Waals surface area contributed by atoms with E-state index in [0.29, 0.717) is 11.6 Å². The van der Waals surface area contributed by atoms with E-state index in [4.69, 9.17) is 0 Å². The van der Waals surface area contributed by atoms with Gasteiger partial charge in [0.15, 0.2) is 0 Å². The Morgan fingerprint density at radius 2 is 2.20 bits per heavy atom. The molecule has 0 saturated heterocycles. The van der Waals surface area contributed by atoms with E-state index in [1.54, 1.807) is 16.8 Å². The first-order valence-corrected chi connectivity index (χ1v) is 7.42. The molecule has 0 radical (unpaired) electrons. The topological polar surface area (TPSA) is 24.9 Å². The summed E-state index contributed by atoms with van der Waals surface area (Å²) in [6.07, 6.45) is 6.90. The highest BCUT2D eigenvalue weighted by Crippen LogP contribution is 2.51. The van der Waals surface area contributed by atoms with Gasteiger partial charge in [-0.25, -0.2) is 8.78 Å². The molecule has 0 saturated carbocycles. The summed E-state index contributed by atoms with van der Waals surface area (Å²) in [6, 6.07) is 2.42. The van der Waals surface area contributed by atoms with Gasteiger partial charge in [-0.15, -0.1) is 11.3 Å². The lowest BCUT2D eigenvalue weighted by Crippen LogP contribution is -2.29. The molecule has 0 spiro atoms. The van der Waals surface area contributed by atoms with Crippen molar-refractivity contribution in [1.29, 1.82) is 0 Å². The van der Waals surface area contributed by atoms with Crippen LogP contribution in [-0.4, -0.2) is 4.98 Å². The average molecular weight is 290 g/mol. The van der Waals surface area contributed by atoms with E-state index in [1.165, 1.54) is 6.07 Å². The van der Waals surface area contributed by atoms with E-state index in [1.807, 2.05) is 6.20 Å². The molecule has 0 bridgehead atoms. The molecule has 2 heterocycles. The fourth-order valence-corrected chi connectivity index (χ4v) is 4.03. The van der Waals surface area contributed by atoms with Gasteiger partial charge in [-0.1, -0.05) is 12.2 Å². The van der Waals surface area contributed by atoms with Crippen LogP contribution >= 0.6 is 11.3 Å². The van der Waals surface area contributed by atoms with E-state index in [9.17, 15) is 8.78 Å². The van der Waals surface area contributed by atoms with Gasteiger partial charge in [0.25, 0.3) is 0 Å². The molecule has 1 aromatic carbocycles. The zero-order valence-electron chi connectivity index (χ0n) is 10.5. The molecule has 4 rings (SSSR count). The molecule has 1 aromatic heterocycles. The minimum atomic E-state index is -0.520. The highest BCUT2D eigenvalue weighted by Gasteiger charge is 2.39. The monoisotopic (exact) mass is 290 g/mol. The van der Waals surface area contributed by atoms with Crippen LogP contribution < -0.4 is 5.32 Å². The Kier molecular flexibility index (Phi) is 2.63. The minimum Gasteiger partial charge on any atom is -0.374 e. The summed E-state index contributed by atoms with van der Waals surface area (Å²) in [7, 11) is 0. The van der Waals surface area contributed by atoms with Crippen LogP contribution in [-0.2, 0) is 0 Å². The second-order valence-corrected chi connectivity index (χ2v) is 6.15. The Labute approximate surface area is 119 Å². The van der Waals surface area contributed by atoms with Crippen LogP contribution in [0.25, 0.3) is 0 Å². The van der Waals surface area contributed by atoms with Gasteiger partial charge >= 0.3 is 0 Å². The number of thiazole rings is 1. The van der Waals surface area contributed by atoms with Crippen molar-refractivity contribution >= 4 is 17.0 Å². The highest BCUT2D eigenvalue weighted by molar-refractivity contribution is 7.09. The summed E-state index contributed by atoms with van der Waals surface area (Å²) in [5.41, 5.74) is 2.94. The smallest absolute Gasteiger partial charge is 0.149 e. The van der Waals surface area contributed by atoms with E-state index >= 15 is 0 Å². The van der Waals surface area contributed by atoms with Crippen LogP contribution in [0.5, 0.6) is 0 Å². The quantitative estimate of drug-likeness (QED) is 0.794. The predicted octanol–water partition coefficient (Wildman–Crippen LogP) is 4.25. The van der Waals surface area contributed by atoms with Gasteiger partial charge in [0, 0.05) is 23.1 Å². The Morgan fingerprint density at radius 1 is 1.30 bits per heavy atom. The Balaban J connectivity index is 1.86. The van der Waals surface area contributed by atoms with Crippen molar-refractivity contribution < 1.29 is 8.78 Å². The molecule has 0 unspecified atom stereocenters. The molecule has 0 fully saturated rings. The van der Waals surface area contributed by atoms with Gasteiger partial charge in [0.05, 0.1) is 17.2 Å². The molecular weight excluding hydrogens is 278 g/mol. The summed E-state index contributed by atoms with van der Waals surface area (Å²) in [6.45, 7) is 0. The molecular formula is C15H12F2N2S. The maximum absolute atomic E-state index is 14.1. The normalized spacial score (nSPS) is 27.0. The summed E-state index contributed by atoms with van der Waals surface area (Å²) in [5, 5.41) is 3.26. The maximum atomic E-state index is 14.1. The van der Waals surface area contributed by atoms with Gasteiger partial charge in [0.1, 0.15) is 11.6 Å². The van der Waals surface area contributed by atoms with Crippen LogP contribution in [0.2, 0.25) is 0 Å². The molecule has 5 heteroatoms. The SMILES string of the molecule is Fc1cc(F)c2c(c1)[C@@H]1C=CC[C@@H]1[C@H](c1cncs1)N2. The molecule has 1 aliphatic heterocycles. The number of hydrogen-bond donors (Lipinski definition) is 1. The van der Waals surface area contributed by atoms with Crippen molar-refractivity contribution in [3.05, 3.63) is 58.1 Å². The molecule has 2 nitrogen and oxygen atoms in total. The summed E-state index contributed by atoms with van der Waals surface area (Å²) in [5.74, 6) is -0.667. The van der Waals surface area contributed by atoms with Gasteiger partial charge < -0.3 is 5.32 Å². The average Bonchev–Trinajstić information content (AvgIpc) is 3.09. The van der Waals surface area contributed by atoms with Crippen LogP contribution in [0.4, 0.5) is 14.5 Å². The summed E-state index contributed by atoms with van der Waals surface area (Å²) in [4.78, 5) is 5.20. The maximum Gasteiger partial charge on any atom is 0.149 e. The number of halogens is 2. The molecule has 2 aromatic rings. The molecule has 2 aliphatic rings. The lowest BCUT2D eigenvalue weighted by Gasteiger charge is -2.36. The third kappa shape index (κ3) is 1.69. The first-order valence-electron chi connectivity index (χ1n) is 6.54. The van der Waals surface area contributed by atoms with E-state index < -0.39 is 11.6 Å². The zero-order chi connectivity index (χ0) is 13.7. The highest BCUT2D eigenvalue weighted by atomic mass is 32.1. The van der Waals surface area contributed by atoms with Gasteiger partial charge in [0.2, 0.25) is 0 Å². The predicted molar refractivity (Wildman–Crippen MR) is 74.8 cm³/mol. The van der Waals surface area contributed by atoms with Crippen LogP contribution in [0.1, 0.15) is 28.8 Å².